The number of ether oxygens (including phenoxy) is 2. The van der Waals surface area contributed by atoms with E-state index in [9.17, 15) is 0 Å². The lowest BCUT2D eigenvalue weighted by Gasteiger charge is -2.10. The summed E-state index contributed by atoms with van der Waals surface area (Å²) in [6, 6.07) is 16.5. The van der Waals surface area contributed by atoms with E-state index in [0.717, 1.165) is 22.6 Å². The molecule has 0 aliphatic rings. The summed E-state index contributed by atoms with van der Waals surface area (Å²) in [5.41, 5.74) is 2.12. The van der Waals surface area contributed by atoms with Gasteiger partial charge in [-0.2, -0.15) is 0 Å². The van der Waals surface area contributed by atoms with Gasteiger partial charge in [0.15, 0.2) is 0 Å². The maximum Gasteiger partial charge on any atom is 0.126 e. The fourth-order valence-electron chi connectivity index (χ4n) is 1.61. The zero-order valence-corrected chi connectivity index (χ0v) is 9.36. The Morgan fingerprint density at radius 3 is 2.31 bits per heavy atom. The van der Waals surface area contributed by atoms with Gasteiger partial charge in [-0.05, 0) is 29.8 Å². The van der Waals surface area contributed by atoms with E-state index in [-0.39, 0.29) is 0 Å². The highest BCUT2D eigenvalue weighted by Crippen LogP contribution is 2.32. The van der Waals surface area contributed by atoms with Gasteiger partial charge in [0, 0.05) is 5.56 Å². The molecule has 2 aromatic rings. The highest BCUT2D eigenvalue weighted by Gasteiger charge is 2.06. The molecule has 0 fully saturated rings. The maximum absolute atomic E-state index is 5.33. The van der Waals surface area contributed by atoms with E-state index in [4.69, 9.17) is 9.47 Å². The van der Waals surface area contributed by atoms with Crippen LogP contribution in [0.1, 0.15) is 0 Å². The van der Waals surface area contributed by atoms with Gasteiger partial charge in [-0.3, -0.25) is 0 Å². The summed E-state index contributed by atoms with van der Waals surface area (Å²) >= 11 is 0. The van der Waals surface area contributed by atoms with Crippen molar-refractivity contribution in [2.45, 2.75) is 0 Å². The SMILES string of the molecule is COc1ccc(OC)c(-c2cc[c]cc2)c1. The average molecular weight is 213 g/mol. The number of hydrogen-bond donors (Lipinski definition) is 0. The first-order valence-electron chi connectivity index (χ1n) is 5.03. The molecule has 0 heterocycles. The van der Waals surface area contributed by atoms with E-state index < -0.39 is 0 Å². The fraction of sp³-hybridized carbons (Fsp3) is 0.143. The third-order valence-corrected chi connectivity index (χ3v) is 2.44. The maximum atomic E-state index is 5.33. The summed E-state index contributed by atoms with van der Waals surface area (Å²) in [5.74, 6) is 1.66. The van der Waals surface area contributed by atoms with Gasteiger partial charge in [0.1, 0.15) is 11.5 Å². The van der Waals surface area contributed by atoms with Crippen molar-refractivity contribution < 1.29 is 9.47 Å². The monoisotopic (exact) mass is 213 g/mol. The molecule has 0 amide bonds. The summed E-state index contributed by atoms with van der Waals surface area (Å²) in [6.07, 6.45) is 0. The quantitative estimate of drug-likeness (QED) is 0.779. The van der Waals surface area contributed by atoms with Gasteiger partial charge in [-0.25, -0.2) is 0 Å². The van der Waals surface area contributed by atoms with E-state index in [1.54, 1.807) is 14.2 Å². The summed E-state index contributed by atoms with van der Waals surface area (Å²) in [5, 5.41) is 0. The Morgan fingerprint density at radius 2 is 1.69 bits per heavy atom. The third kappa shape index (κ3) is 2.01. The molecule has 0 bridgehead atoms. The van der Waals surface area contributed by atoms with Gasteiger partial charge in [-0.1, -0.05) is 24.3 Å². The van der Waals surface area contributed by atoms with Gasteiger partial charge >= 0.3 is 0 Å². The summed E-state index contributed by atoms with van der Waals surface area (Å²) in [6.45, 7) is 0. The Balaban J connectivity index is 2.53. The molecular formula is C14H13O2. The van der Waals surface area contributed by atoms with Crippen LogP contribution < -0.4 is 9.47 Å². The molecule has 0 atom stereocenters. The van der Waals surface area contributed by atoms with Crippen molar-refractivity contribution in [3.8, 4) is 22.6 Å². The highest BCUT2D eigenvalue weighted by molar-refractivity contribution is 5.71. The molecule has 16 heavy (non-hydrogen) atoms. The molecule has 0 aliphatic heterocycles. The Morgan fingerprint density at radius 1 is 0.938 bits per heavy atom. The second-order valence-electron chi connectivity index (χ2n) is 3.35. The zero-order valence-electron chi connectivity index (χ0n) is 9.36. The smallest absolute Gasteiger partial charge is 0.126 e. The summed E-state index contributed by atoms with van der Waals surface area (Å²) in [7, 11) is 3.32. The minimum atomic E-state index is 0.823. The molecule has 2 rings (SSSR count). The van der Waals surface area contributed by atoms with Crippen LogP contribution in [0.4, 0.5) is 0 Å². The molecule has 0 N–H and O–H groups in total. The van der Waals surface area contributed by atoms with Crippen LogP contribution in [-0.2, 0) is 0 Å². The van der Waals surface area contributed by atoms with Crippen LogP contribution in [0.15, 0.2) is 42.5 Å². The highest BCUT2D eigenvalue weighted by atomic mass is 16.5. The third-order valence-electron chi connectivity index (χ3n) is 2.44. The Kier molecular flexibility index (Phi) is 3.10. The lowest BCUT2D eigenvalue weighted by molar-refractivity contribution is 0.404. The van der Waals surface area contributed by atoms with E-state index in [1.165, 1.54) is 0 Å². The van der Waals surface area contributed by atoms with Crippen LogP contribution in [0.3, 0.4) is 0 Å². The molecule has 1 radical (unpaired) electrons. The predicted octanol–water partition coefficient (Wildman–Crippen LogP) is 3.17. The zero-order chi connectivity index (χ0) is 11.4. The average Bonchev–Trinajstić information content (AvgIpc) is 2.39. The van der Waals surface area contributed by atoms with Crippen molar-refractivity contribution in [2.75, 3.05) is 14.2 Å². The van der Waals surface area contributed by atoms with Crippen LogP contribution in [0.2, 0.25) is 0 Å². The molecule has 2 heteroatoms. The first-order chi connectivity index (χ1) is 7.85. The molecule has 0 saturated carbocycles. The molecule has 0 aliphatic carbocycles. The molecular weight excluding hydrogens is 200 g/mol. The molecule has 0 saturated heterocycles. The van der Waals surface area contributed by atoms with E-state index in [1.807, 2.05) is 42.5 Å². The Hall–Kier alpha value is -1.96. The van der Waals surface area contributed by atoms with Crippen molar-refractivity contribution in [2.24, 2.45) is 0 Å². The molecule has 0 aromatic heterocycles. The van der Waals surface area contributed by atoms with Crippen LogP contribution in [0, 0.1) is 6.07 Å². The van der Waals surface area contributed by atoms with Gasteiger partial charge < -0.3 is 9.47 Å². The van der Waals surface area contributed by atoms with Gasteiger partial charge in [-0.15, -0.1) is 0 Å². The lowest BCUT2D eigenvalue weighted by Crippen LogP contribution is -1.90. The van der Waals surface area contributed by atoms with Crippen LogP contribution in [0.5, 0.6) is 11.5 Å². The van der Waals surface area contributed by atoms with Crippen molar-refractivity contribution in [3.05, 3.63) is 48.5 Å². The van der Waals surface area contributed by atoms with E-state index in [0.29, 0.717) is 0 Å². The number of hydrogen-bond acceptors (Lipinski definition) is 2. The topological polar surface area (TPSA) is 18.5 Å². The van der Waals surface area contributed by atoms with Gasteiger partial charge in [0.2, 0.25) is 0 Å². The Bertz CT molecular complexity index is 463. The van der Waals surface area contributed by atoms with Crippen molar-refractivity contribution in [1.82, 2.24) is 0 Å². The minimum absolute atomic E-state index is 0.823. The lowest BCUT2D eigenvalue weighted by atomic mass is 10.0. The summed E-state index contributed by atoms with van der Waals surface area (Å²) < 4.78 is 10.5. The van der Waals surface area contributed by atoms with Gasteiger partial charge in [0.25, 0.3) is 0 Å². The minimum Gasteiger partial charge on any atom is -0.497 e. The van der Waals surface area contributed by atoms with E-state index in [2.05, 4.69) is 6.07 Å². The number of benzene rings is 2. The second-order valence-corrected chi connectivity index (χ2v) is 3.35. The predicted molar refractivity (Wildman–Crippen MR) is 63.8 cm³/mol. The van der Waals surface area contributed by atoms with Gasteiger partial charge in [0.05, 0.1) is 14.2 Å². The number of methoxy groups -OCH3 is 2. The molecule has 2 aromatic carbocycles. The fourth-order valence-corrected chi connectivity index (χ4v) is 1.61. The molecule has 0 spiro atoms. The molecule has 2 nitrogen and oxygen atoms in total. The van der Waals surface area contributed by atoms with Crippen LogP contribution in [0.25, 0.3) is 11.1 Å². The van der Waals surface area contributed by atoms with E-state index >= 15 is 0 Å². The summed E-state index contributed by atoms with van der Waals surface area (Å²) in [4.78, 5) is 0. The molecule has 0 unspecified atom stereocenters. The standard InChI is InChI=1S/C14H13O2/c1-15-12-8-9-14(16-2)13(10-12)11-6-4-3-5-7-11/h4-10H,1-2H3. The van der Waals surface area contributed by atoms with Crippen LogP contribution >= 0.6 is 0 Å². The second kappa shape index (κ2) is 4.71. The number of rotatable bonds is 3. The van der Waals surface area contributed by atoms with Crippen LogP contribution in [-0.4, -0.2) is 14.2 Å². The van der Waals surface area contributed by atoms with Crippen molar-refractivity contribution in [1.29, 1.82) is 0 Å². The van der Waals surface area contributed by atoms with Crippen molar-refractivity contribution >= 4 is 0 Å². The largest absolute Gasteiger partial charge is 0.497 e. The van der Waals surface area contributed by atoms with Crippen molar-refractivity contribution in [3.63, 3.8) is 0 Å². The Labute approximate surface area is 95.4 Å². The first kappa shape index (κ1) is 10.6. The first-order valence-corrected chi connectivity index (χ1v) is 5.03. The molecule has 81 valence electrons. The normalized spacial score (nSPS) is 9.88.